The molecule has 5 heterocycles. The standard InChI is InChI=1S/C28H27F3N6O3.C2HF3O2/c1-27(2)21-22(27)26(39)36(25(21)38)11-15-7-20-23(33-14-34-37(20)12-15)19-9-17(28(29,30)31)8-16-3-5-35(24(16)19)13-18-10-32-4-6-40-18;3-2(4,5)1(6)7/h3,5,7-9,12,14,18,21-22,32H,4,6,10-11,13H2,1-2H3;(H,6,7). The summed E-state index contributed by atoms with van der Waals surface area (Å²) in [5.74, 6) is -3.70. The molecule has 7 rings (SSSR count). The van der Waals surface area contributed by atoms with Gasteiger partial charge < -0.3 is 19.7 Å². The molecule has 2 saturated heterocycles. The zero-order valence-corrected chi connectivity index (χ0v) is 24.9. The van der Waals surface area contributed by atoms with Crippen LogP contribution in [-0.4, -0.2) is 78.9 Å². The molecule has 17 heteroatoms. The van der Waals surface area contributed by atoms with Crippen molar-refractivity contribution in [3.8, 4) is 11.3 Å². The largest absolute Gasteiger partial charge is 0.490 e. The van der Waals surface area contributed by atoms with Crippen LogP contribution in [0.25, 0.3) is 27.7 Å². The molecule has 1 saturated carbocycles. The fourth-order valence-electron chi connectivity index (χ4n) is 6.42. The number of morpholine rings is 1. The van der Waals surface area contributed by atoms with E-state index in [0.717, 1.165) is 18.7 Å². The smallest absolute Gasteiger partial charge is 0.475 e. The first-order valence-electron chi connectivity index (χ1n) is 14.5. The molecule has 3 unspecified atom stereocenters. The summed E-state index contributed by atoms with van der Waals surface area (Å²) in [7, 11) is 0. The Kier molecular flexibility index (Phi) is 7.82. The molecule has 1 aromatic carbocycles. The van der Waals surface area contributed by atoms with Crippen molar-refractivity contribution in [2.24, 2.45) is 17.3 Å². The number of amides is 2. The predicted molar refractivity (Wildman–Crippen MR) is 152 cm³/mol. The van der Waals surface area contributed by atoms with Gasteiger partial charge in [-0.2, -0.15) is 31.4 Å². The van der Waals surface area contributed by atoms with E-state index in [9.17, 15) is 35.9 Å². The number of hydrogen-bond donors (Lipinski definition) is 2. The molecule has 3 aliphatic rings. The van der Waals surface area contributed by atoms with Crippen LogP contribution >= 0.6 is 0 Å². The van der Waals surface area contributed by atoms with Crippen LogP contribution in [0, 0.1) is 17.3 Å². The Labute approximate surface area is 262 Å². The SMILES string of the molecule is CC1(C)C2C(=O)N(Cc3cc4c(-c5cc(C(F)(F)F)cc6ccn(CC7CNCCO7)c56)ncnn4c3)C(=O)C21.O=C(O)C(F)(F)F. The molecule has 0 spiro atoms. The monoisotopic (exact) mass is 666 g/mol. The number of rotatable bonds is 5. The third-order valence-electron chi connectivity index (χ3n) is 8.79. The number of fused-ring (bicyclic) bond motifs is 3. The van der Waals surface area contributed by atoms with E-state index in [0.29, 0.717) is 52.9 Å². The van der Waals surface area contributed by atoms with E-state index in [2.05, 4.69) is 15.4 Å². The zero-order valence-electron chi connectivity index (χ0n) is 24.9. The fraction of sp³-hybridized carbons (Fsp3) is 0.433. The molecule has 250 valence electrons. The highest BCUT2D eigenvalue weighted by atomic mass is 19.4. The lowest BCUT2D eigenvalue weighted by Crippen LogP contribution is -2.40. The number of hydrogen-bond acceptors (Lipinski definition) is 7. The van der Waals surface area contributed by atoms with E-state index >= 15 is 0 Å². The van der Waals surface area contributed by atoms with Crippen LogP contribution in [0.1, 0.15) is 25.0 Å². The van der Waals surface area contributed by atoms with Gasteiger partial charge in [0.15, 0.2) is 0 Å². The van der Waals surface area contributed by atoms with Gasteiger partial charge in [0, 0.05) is 36.4 Å². The van der Waals surface area contributed by atoms with Crippen LogP contribution in [0.2, 0.25) is 0 Å². The van der Waals surface area contributed by atoms with Crippen molar-refractivity contribution in [2.75, 3.05) is 19.7 Å². The van der Waals surface area contributed by atoms with Crippen molar-refractivity contribution in [3.05, 3.63) is 54.1 Å². The Hall–Kier alpha value is -4.51. The second-order valence-corrected chi connectivity index (χ2v) is 12.3. The molecule has 47 heavy (non-hydrogen) atoms. The number of nitrogens with one attached hydrogen (secondary N) is 1. The number of nitrogens with zero attached hydrogens (tertiary/aromatic N) is 5. The number of carboxylic acids is 1. The average molecular weight is 667 g/mol. The average Bonchev–Trinajstić information content (AvgIpc) is 3.34. The topological polar surface area (TPSA) is 131 Å². The number of aromatic nitrogens is 4. The summed E-state index contributed by atoms with van der Waals surface area (Å²) in [4.78, 5) is 40.3. The van der Waals surface area contributed by atoms with Gasteiger partial charge in [0.1, 0.15) is 6.33 Å². The third-order valence-corrected chi connectivity index (χ3v) is 8.79. The van der Waals surface area contributed by atoms with Gasteiger partial charge in [0.05, 0.1) is 59.9 Å². The van der Waals surface area contributed by atoms with E-state index in [1.807, 2.05) is 18.4 Å². The minimum Gasteiger partial charge on any atom is -0.475 e. The number of carboxylic acid groups (broad SMARTS) is 1. The molecule has 2 N–H and O–H groups in total. The molecule has 11 nitrogen and oxygen atoms in total. The number of carbonyl (C=O) groups excluding carboxylic acids is 2. The molecule has 0 radical (unpaired) electrons. The van der Waals surface area contributed by atoms with E-state index < -0.39 is 23.9 Å². The normalized spacial score (nSPS) is 22.4. The summed E-state index contributed by atoms with van der Waals surface area (Å²) < 4.78 is 82.9. The minimum atomic E-state index is -5.08. The summed E-state index contributed by atoms with van der Waals surface area (Å²) in [6.07, 6.45) is -5.02. The summed E-state index contributed by atoms with van der Waals surface area (Å²) >= 11 is 0. The summed E-state index contributed by atoms with van der Waals surface area (Å²) in [5.41, 5.74) is 1.28. The van der Waals surface area contributed by atoms with Gasteiger partial charge in [0.25, 0.3) is 0 Å². The van der Waals surface area contributed by atoms with Crippen molar-refractivity contribution in [2.45, 2.75) is 45.4 Å². The predicted octanol–water partition coefficient (Wildman–Crippen LogP) is 4.13. The van der Waals surface area contributed by atoms with Crippen LogP contribution < -0.4 is 5.32 Å². The van der Waals surface area contributed by atoms with Crippen LogP contribution in [-0.2, 0) is 38.4 Å². The number of piperidine rings is 1. The number of benzene rings is 1. The van der Waals surface area contributed by atoms with E-state index in [4.69, 9.17) is 14.6 Å². The lowest BCUT2D eigenvalue weighted by atomic mass is 10.0. The van der Waals surface area contributed by atoms with Gasteiger partial charge in [-0.25, -0.2) is 14.3 Å². The van der Waals surface area contributed by atoms with Gasteiger partial charge >= 0.3 is 18.3 Å². The Bertz CT molecular complexity index is 1870. The molecule has 4 aromatic rings. The number of aliphatic carboxylic acids is 1. The Balaban J connectivity index is 0.000000499. The fourth-order valence-corrected chi connectivity index (χ4v) is 6.42. The van der Waals surface area contributed by atoms with Crippen molar-refractivity contribution >= 4 is 34.2 Å². The number of imide groups is 1. The van der Waals surface area contributed by atoms with E-state index in [1.165, 1.54) is 15.7 Å². The molecule has 2 aliphatic heterocycles. The first-order valence-corrected chi connectivity index (χ1v) is 14.5. The molecular formula is C30H28F6N6O5. The van der Waals surface area contributed by atoms with Gasteiger partial charge in [-0.1, -0.05) is 13.8 Å². The Morgan fingerprint density at radius 2 is 1.79 bits per heavy atom. The highest BCUT2D eigenvalue weighted by Gasteiger charge is 2.72. The third kappa shape index (κ3) is 5.93. The Morgan fingerprint density at radius 1 is 1.11 bits per heavy atom. The number of likely N-dealkylation sites (tertiary alicyclic amines) is 1. The highest BCUT2D eigenvalue weighted by molar-refractivity contribution is 6.10. The lowest BCUT2D eigenvalue weighted by molar-refractivity contribution is -0.192. The molecule has 1 aliphatic carbocycles. The number of halogens is 6. The molecule has 3 aromatic heterocycles. The summed E-state index contributed by atoms with van der Waals surface area (Å²) in [6, 6.07) is 5.67. The number of carbonyl (C=O) groups is 3. The molecule has 3 fully saturated rings. The first kappa shape index (κ1) is 32.4. The number of alkyl halides is 6. The molecular weight excluding hydrogens is 638 g/mol. The summed E-state index contributed by atoms with van der Waals surface area (Å²) in [6.45, 7) is 6.34. The van der Waals surface area contributed by atoms with Gasteiger partial charge in [-0.05, 0) is 35.2 Å². The van der Waals surface area contributed by atoms with E-state index in [1.54, 1.807) is 24.5 Å². The van der Waals surface area contributed by atoms with Gasteiger partial charge in [-0.15, -0.1) is 0 Å². The van der Waals surface area contributed by atoms with Gasteiger partial charge in [-0.3, -0.25) is 14.5 Å². The number of ether oxygens (including phenoxy) is 1. The maximum Gasteiger partial charge on any atom is 0.490 e. The Morgan fingerprint density at radius 3 is 2.38 bits per heavy atom. The maximum atomic E-state index is 14.0. The summed E-state index contributed by atoms with van der Waals surface area (Å²) in [5, 5.41) is 15.1. The van der Waals surface area contributed by atoms with Crippen LogP contribution in [0.15, 0.2) is 43.0 Å². The van der Waals surface area contributed by atoms with Crippen LogP contribution in [0.4, 0.5) is 26.3 Å². The molecule has 2 amide bonds. The van der Waals surface area contributed by atoms with E-state index in [-0.39, 0.29) is 41.7 Å². The first-order chi connectivity index (χ1) is 22.0. The van der Waals surface area contributed by atoms with Crippen molar-refractivity contribution < 1.29 is 50.6 Å². The van der Waals surface area contributed by atoms with Crippen molar-refractivity contribution in [1.29, 1.82) is 0 Å². The molecule has 0 bridgehead atoms. The van der Waals surface area contributed by atoms with Crippen LogP contribution in [0.3, 0.4) is 0 Å². The second kappa shape index (κ2) is 11.3. The maximum absolute atomic E-state index is 14.0. The highest BCUT2D eigenvalue weighted by Crippen LogP contribution is 2.63. The van der Waals surface area contributed by atoms with Crippen LogP contribution in [0.5, 0.6) is 0 Å². The lowest BCUT2D eigenvalue weighted by Gasteiger charge is -2.24. The van der Waals surface area contributed by atoms with Gasteiger partial charge in [0.2, 0.25) is 11.8 Å². The quantitative estimate of drug-likeness (QED) is 0.240. The van der Waals surface area contributed by atoms with Crippen molar-refractivity contribution in [1.82, 2.24) is 29.4 Å². The second-order valence-electron chi connectivity index (χ2n) is 12.3. The van der Waals surface area contributed by atoms with Crippen molar-refractivity contribution in [3.63, 3.8) is 0 Å². The minimum absolute atomic E-state index is 0.0734. The zero-order chi connectivity index (χ0) is 34.1. The molecule has 3 atom stereocenters.